The van der Waals surface area contributed by atoms with E-state index in [9.17, 15) is 4.79 Å². The van der Waals surface area contributed by atoms with Crippen LogP contribution in [0.1, 0.15) is 6.92 Å². The van der Waals surface area contributed by atoms with Gasteiger partial charge in [-0.15, -0.1) is 22.7 Å². The minimum Gasteiger partial charge on any atom is -0.481 e. The van der Waals surface area contributed by atoms with Crippen LogP contribution in [0.4, 0.5) is 5.13 Å². The lowest BCUT2D eigenvalue weighted by molar-refractivity contribution is -0.140. The van der Waals surface area contributed by atoms with Crippen LogP contribution in [0.2, 0.25) is 0 Å². The van der Waals surface area contributed by atoms with Gasteiger partial charge in [0.2, 0.25) is 0 Å². The summed E-state index contributed by atoms with van der Waals surface area (Å²) in [5.74, 6) is -1.18. The summed E-state index contributed by atoms with van der Waals surface area (Å²) in [7, 11) is 1.87. The number of aliphatic carboxylic acids is 1. The quantitative estimate of drug-likeness (QED) is 0.916. The number of carboxylic acids is 1. The van der Waals surface area contributed by atoms with Gasteiger partial charge in [0.1, 0.15) is 0 Å². The van der Waals surface area contributed by atoms with Crippen molar-refractivity contribution in [2.75, 3.05) is 18.5 Å². The minimum atomic E-state index is -0.781. The van der Waals surface area contributed by atoms with Crippen molar-refractivity contribution in [3.63, 3.8) is 0 Å². The lowest BCUT2D eigenvalue weighted by Gasteiger charge is -2.17. The maximum absolute atomic E-state index is 10.8. The van der Waals surface area contributed by atoms with Gasteiger partial charge in [0.05, 0.1) is 16.5 Å². The molecule has 0 aliphatic heterocycles. The van der Waals surface area contributed by atoms with E-state index in [1.165, 1.54) is 11.3 Å². The molecule has 6 heteroatoms. The Morgan fingerprint density at radius 2 is 2.33 bits per heavy atom. The zero-order chi connectivity index (χ0) is 13.1. The highest BCUT2D eigenvalue weighted by Crippen LogP contribution is 2.29. The second-order valence-corrected chi connectivity index (χ2v) is 5.90. The van der Waals surface area contributed by atoms with Crippen LogP contribution in [0.5, 0.6) is 0 Å². The number of anilines is 1. The van der Waals surface area contributed by atoms with Crippen molar-refractivity contribution in [3.8, 4) is 10.6 Å². The van der Waals surface area contributed by atoms with Crippen molar-refractivity contribution in [2.45, 2.75) is 6.92 Å². The van der Waals surface area contributed by atoms with Crippen LogP contribution in [0.3, 0.4) is 0 Å². The Labute approximate surface area is 114 Å². The van der Waals surface area contributed by atoms with Gasteiger partial charge < -0.3 is 10.0 Å². The van der Waals surface area contributed by atoms with Crippen LogP contribution in [0.25, 0.3) is 10.6 Å². The van der Waals surface area contributed by atoms with E-state index < -0.39 is 11.9 Å². The van der Waals surface area contributed by atoms with Crippen LogP contribution < -0.4 is 4.90 Å². The van der Waals surface area contributed by atoms with Crippen molar-refractivity contribution in [2.24, 2.45) is 5.92 Å². The van der Waals surface area contributed by atoms with Gasteiger partial charge in [0.15, 0.2) is 5.13 Å². The molecule has 1 unspecified atom stereocenters. The molecule has 2 rings (SSSR count). The normalized spacial score (nSPS) is 12.3. The largest absolute Gasteiger partial charge is 0.481 e. The molecule has 0 bridgehead atoms. The van der Waals surface area contributed by atoms with Gasteiger partial charge in [-0.25, -0.2) is 4.98 Å². The summed E-state index contributed by atoms with van der Waals surface area (Å²) in [6.07, 6.45) is 0. The average Bonchev–Trinajstić information content (AvgIpc) is 2.99. The number of nitrogens with zero attached hydrogens (tertiary/aromatic N) is 2. The molecule has 1 atom stereocenters. The molecule has 0 aliphatic carbocycles. The number of hydrogen-bond acceptors (Lipinski definition) is 5. The van der Waals surface area contributed by atoms with E-state index in [4.69, 9.17) is 5.11 Å². The van der Waals surface area contributed by atoms with Crippen molar-refractivity contribution < 1.29 is 9.90 Å². The van der Waals surface area contributed by atoms with Crippen LogP contribution >= 0.6 is 22.7 Å². The monoisotopic (exact) mass is 282 g/mol. The van der Waals surface area contributed by atoms with E-state index in [0.717, 1.165) is 15.7 Å². The topological polar surface area (TPSA) is 53.4 Å². The number of thiazole rings is 1. The van der Waals surface area contributed by atoms with Crippen molar-refractivity contribution in [1.29, 1.82) is 0 Å². The highest BCUT2D eigenvalue weighted by molar-refractivity contribution is 7.15. The van der Waals surface area contributed by atoms with Gasteiger partial charge in [-0.05, 0) is 11.4 Å². The molecule has 4 nitrogen and oxygen atoms in total. The Bertz CT molecular complexity index is 522. The van der Waals surface area contributed by atoms with E-state index >= 15 is 0 Å². The van der Waals surface area contributed by atoms with Crippen LogP contribution in [0.15, 0.2) is 22.9 Å². The lowest BCUT2D eigenvalue weighted by Crippen LogP contribution is -2.28. The van der Waals surface area contributed by atoms with E-state index in [1.807, 2.05) is 34.8 Å². The molecule has 0 saturated carbocycles. The van der Waals surface area contributed by atoms with Gasteiger partial charge in [-0.2, -0.15) is 0 Å². The third-order valence-electron chi connectivity index (χ3n) is 2.56. The van der Waals surface area contributed by atoms with Crippen molar-refractivity contribution >= 4 is 33.8 Å². The fraction of sp³-hybridized carbons (Fsp3) is 0.333. The smallest absolute Gasteiger partial charge is 0.308 e. The summed E-state index contributed by atoms with van der Waals surface area (Å²) in [6.45, 7) is 2.17. The van der Waals surface area contributed by atoms with Crippen molar-refractivity contribution in [3.05, 3.63) is 22.9 Å². The Morgan fingerprint density at radius 1 is 1.56 bits per heavy atom. The van der Waals surface area contributed by atoms with Gasteiger partial charge in [-0.3, -0.25) is 4.79 Å². The number of hydrogen-bond donors (Lipinski definition) is 1. The first-order valence-electron chi connectivity index (χ1n) is 5.51. The zero-order valence-electron chi connectivity index (χ0n) is 10.2. The molecular formula is C12H14N2O2S2. The Kier molecular flexibility index (Phi) is 3.98. The molecule has 0 spiro atoms. The van der Waals surface area contributed by atoms with Gasteiger partial charge in [0.25, 0.3) is 0 Å². The molecule has 0 fully saturated rings. The number of rotatable bonds is 5. The summed E-state index contributed by atoms with van der Waals surface area (Å²) in [5.41, 5.74) is 0.958. The molecule has 0 radical (unpaired) electrons. The molecule has 0 aliphatic rings. The molecular weight excluding hydrogens is 268 g/mol. The maximum atomic E-state index is 10.8. The first-order valence-corrected chi connectivity index (χ1v) is 7.27. The molecule has 0 saturated heterocycles. The summed E-state index contributed by atoms with van der Waals surface area (Å²) < 4.78 is 0. The first-order chi connectivity index (χ1) is 8.58. The molecule has 0 aromatic carbocycles. The highest BCUT2D eigenvalue weighted by atomic mass is 32.1. The summed E-state index contributed by atoms with van der Waals surface area (Å²) in [4.78, 5) is 18.4. The second kappa shape index (κ2) is 5.49. The first kappa shape index (κ1) is 13.0. The molecule has 0 amide bonds. The van der Waals surface area contributed by atoms with Crippen LogP contribution in [0, 0.1) is 5.92 Å². The van der Waals surface area contributed by atoms with Gasteiger partial charge in [0, 0.05) is 19.0 Å². The third-order valence-corrected chi connectivity index (χ3v) is 4.41. The second-order valence-electron chi connectivity index (χ2n) is 4.11. The summed E-state index contributed by atoms with van der Waals surface area (Å²) in [5, 5.41) is 13.8. The van der Waals surface area contributed by atoms with E-state index in [2.05, 4.69) is 4.98 Å². The minimum absolute atomic E-state index is 0.399. The maximum Gasteiger partial charge on any atom is 0.308 e. The number of carboxylic acid groups (broad SMARTS) is 1. The highest BCUT2D eigenvalue weighted by Gasteiger charge is 2.16. The Morgan fingerprint density at radius 3 is 2.94 bits per heavy atom. The van der Waals surface area contributed by atoms with Crippen LogP contribution in [-0.4, -0.2) is 29.7 Å². The lowest BCUT2D eigenvalue weighted by atomic mass is 10.2. The zero-order valence-corrected chi connectivity index (χ0v) is 11.8. The van der Waals surface area contributed by atoms with Gasteiger partial charge in [-0.1, -0.05) is 13.0 Å². The SMILES string of the molecule is CC(CN(C)c1nc(-c2cccs2)cs1)C(=O)O. The molecule has 2 aromatic heterocycles. The van der Waals surface area contributed by atoms with Gasteiger partial charge >= 0.3 is 5.97 Å². The fourth-order valence-electron chi connectivity index (χ4n) is 1.54. The molecule has 2 aromatic rings. The Hall–Kier alpha value is -1.40. The number of thiophene rings is 1. The molecule has 96 valence electrons. The average molecular weight is 282 g/mol. The Balaban J connectivity index is 2.08. The fourth-order valence-corrected chi connectivity index (χ4v) is 3.11. The van der Waals surface area contributed by atoms with E-state index in [-0.39, 0.29) is 0 Å². The number of carbonyl (C=O) groups is 1. The van der Waals surface area contributed by atoms with E-state index in [1.54, 1.807) is 18.3 Å². The standard InChI is InChI=1S/C12H14N2O2S2/c1-8(11(15)16)6-14(2)12-13-9(7-18-12)10-4-3-5-17-10/h3-5,7-8H,6H2,1-2H3,(H,15,16). The third kappa shape index (κ3) is 2.88. The van der Waals surface area contributed by atoms with Crippen molar-refractivity contribution in [1.82, 2.24) is 4.98 Å². The predicted octanol–water partition coefficient (Wildman–Crippen LogP) is 3.03. The predicted molar refractivity (Wildman–Crippen MR) is 75.5 cm³/mol. The molecule has 2 heterocycles. The molecule has 18 heavy (non-hydrogen) atoms. The molecule has 1 N–H and O–H groups in total. The van der Waals surface area contributed by atoms with E-state index in [0.29, 0.717) is 6.54 Å². The summed E-state index contributed by atoms with van der Waals surface area (Å²) >= 11 is 3.19. The summed E-state index contributed by atoms with van der Waals surface area (Å²) in [6, 6.07) is 4.03. The van der Waals surface area contributed by atoms with Crippen LogP contribution in [-0.2, 0) is 4.79 Å². The number of aromatic nitrogens is 1.